The molecule has 0 saturated carbocycles. The Hall–Kier alpha value is -1.95. The summed E-state index contributed by atoms with van der Waals surface area (Å²) in [6, 6.07) is 6.01. The van der Waals surface area contributed by atoms with E-state index in [1.54, 1.807) is 17.0 Å². The smallest absolute Gasteiger partial charge is 0.226 e. The van der Waals surface area contributed by atoms with Gasteiger partial charge in [-0.3, -0.25) is 9.59 Å². The molecule has 122 valence electrons. The summed E-state index contributed by atoms with van der Waals surface area (Å²) in [6.45, 7) is 3.32. The normalized spacial score (nSPS) is 10.6. The average Bonchev–Trinajstić information content (AvgIpc) is 2.44. The molecule has 1 N–H and O–H groups in total. The van der Waals surface area contributed by atoms with Gasteiger partial charge in [-0.25, -0.2) is 4.39 Å². The van der Waals surface area contributed by atoms with Crippen LogP contribution in [0.5, 0.6) is 0 Å². The molecule has 0 spiro atoms. The molecule has 0 aromatic heterocycles. The molecule has 22 heavy (non-hydrogen) atoms. The first kappa shape index (κ1) is 18.1. The number of nitrogens with one attached hydrogen (secondary N) is 1. The lowest BCUT2D eigenvalue weighted by molar-refractivity contribution is -0.129. The summed E-state index contributed by atoms with van der Waals surface area (Å²) < 4.78 is 13.4. The molecule has 0 atom stereocenters. The Morgan fingerprint density at radius 2 is 1.82 bits per heavy atom. The van der Waals surface area contributed by atoms with Gasteiger partial charge >= 0.3 is 0 Å². The van der Waals surface area contributed by atoms with E-state index in [4.69, 9.17) is 0 Å². The average molecular weight is 309 g/mol. The molecule has 0 bridgehead atoms. The molecule has 5 nitrogen and oxygen atoms in total. The molecule has 0 unspecified atom stereocenters. The van der Waals surface area contributed by atoms with Gasteiger partial charge in [0.2, 0.25) is 11.8 Å². The first-order valence-corrected chi connectivity index (χ1v) is 7.34. The van der Waals surface area contributed by atoms with Crippen LogP contribution in [-0.2, 0) is 9.59 Å². The predicted molar refractivity (Wildman–Crippen MR) is 85.1 cm³/mol. The summed E-state index contributed by atoms with van der Waals surface area (Å²) >= 11 is 0. The number of rotatable bonds is 8. The summed E-state index contributed by atoms with van der Waals surface area (Å²) in [6.07, 6.45) is 0.997. The van der Waals surface area contributed by atoms with Crippen molar-refractivity contribution in [3.05, 3.63) is 30.1 Å². The minimum atomic E-state index is -0.467. The van der Waals surface area contributed by atoms with Crippen LogP contribution in [0.4, 0.5) is 10.1 Å². The molecule has 0 radical (unpaired) electrons. The fraction of sp³-hybridized carbons (Fsp3) is 0.500. The fourth-order valence-corrected chi connectivity index (χ4v) is 2.02. The first-order chi connectivity index (χ1) is 10.4. The van der Waals surface area contributed by atoms with E-state index in [9.17, 15) is 14.0 Å². The van der Waals surface area contributed by atoms with Crippen molar-refractivity contribution in [1.29, 1.82) is 0 Å². The molecule has 0 aliphatic carbocycles. The molecular formula is C16H24FN3O2. The Morgan fingerprint density at radius 1 is 1.14 bits per heavy atom. The molecule has 1 rings (SSSR count). The van der Waals surface area contributed by atoms with E-state index in [-0.39, 0.29) is 23.9 Å². The molecule has 0 saturated heterocycles. The van der Waals surface area contributed by atoms with Crippen LogP contribution < -0.4 is 5.32 Å². The minimum Gasteiger partial charge on any atom is -0.342 e. The standard InChI is InChI=1S/C16H24FN3O2/c1-13(21)20(11-6-10-19(2)3)12-9-16(22)18-15-8-5-4-7-14(15)17/h4-5,7-8H,6,9-12H2,1-3H3,(H,18,22). The number of benzene rings is 1. The largest absolute Gasteiger partial charge is 0.342 e. The van der Waals surface area contributed by atoms with Crippen LogP contribution in [0.3, 0.4) is 0 Å². The van der Waals surface area contributed by atoms with Gasteiger partial charge in [0.1, 0.15) is 5.82 Å². The molecule has 0 aliphatic heterocycles. The zero-order valence-corrected chi connectivity index (χ0v) is 13.4. The second kappa shape index (κ2) is 9.15. The monoisotopic (exact) mass is 309 g/mol. The van der Waals surface area contributed by atoms with Crippen molar-refractivity contribution in [1.82, 2.24) is 9.80 Å². The number of nitrogens with zero attached hydrogens (tertiary/aromatic N) is 2. The Balaban J connectivity index is 2.42. The van der Waals surface area contributed by atoms with Gasteiger partial charge in [0, 0.05) is 26.4 Å². The van der Waals surface area contributed by atoms with Gasteiger partial charge in [0.25, 0.3) is 0 Å². The van der Waals surface area contributed by atoms with Gasteiger partial charge < -0.3 is 15.1 Å². The van der Waals surface area contributed by atoms with Crippen LogP contribution in [0.25, 0.3) is 0 Å². The second-order valence-electron chi connectivity index (χ2n) is 5.44. The van der Waals surface area contributed by atoms with Crippen molar-refractivity contribution in [3.8, 4) is 0 Å². The van der Waals surface area contributed by atoms with Gasteiger partial charge in [-0.1, -0.05) is 12.1 Å². The number of carbonyl (C=O) groups is 2. The Bertz CT molecular complexity index is 506. The zero-order valence-electron chi connectivity index (χ0n) is 13.4. The Morgan fingerprint density at radius 3 is 2.41 bits per heavy atom. The first-order valence-electron chi connectivity index (χ1n) is 7.34. The lowest BCUT2D eigenvalue weighted by Crippen LogP contribution is -2.34. The van der Waals surface area contributed by atoms with Gasteiger partial charge in [-0.05, 0) is 39.2 Å². The lowest BCUT2D eigenvalue weighted by Gasteiger charge is -2.21. The van der Waals surface area contributed by atoms with Crippen molar-refractivity contribution in [2.24, 2.45) is 0 Å². The molecule has 2 amide bonds. The van der Waals surface area contributed by atoms with Crippen LogP contribution in [0.2, 0.25) is 0 Å². The van der Waals surface area contributed by atoms with Crippen molar-refractivity contribution >= 4 is 17.5 Å². The third-order valence-corrected chi connectivity index (χ3v) is 3.24. The second-order valence-corrected chi connectivity index (χ2v) is 5.44. The summed E-state index contributed by atoms with van der Waals surface area (Å²) in [5.41, 5.74) is 0.162. The number of halogens is 1. The van der Waals surface area contributed by atoms with Gasteiger partial charge in [0.05, 0.1) is 5.69 Å². The van der Waals surface area contributed by atoms with E-state index in [1.165, 1.54) is 19.1 Å². The zero-order chi connectivity index (χ0) is 16.5. The van der Waals surface area contributed by atoms with Crippen LogP contribution in [0, 0.1) is 5.82 Å². The molecular weight excluding hydrogens is 285 g/mol. The number of para-hydroxylation sites is 1. The number of anilines is 1. The Kier molecular flexibility index (Phi) is 7.52. The van der Waals surface area contributed by atoms with E-state index in [1.807, 2.05) is 19.0 Å². The SMILES string of the molecule is CC(=O)N(CCCN(C)C)CCC(=O)Nc1ccccc1F. The fourth-order valence-electron chi connectivity index (χ4n) is 2.02. The van der Waals surface area contributed by atoms with Crippen molar-refractivity contribution in [2.75, 3.05) is 39.0 Å². The topological polar surface area (TPSA) is 52.7 Å². The van der Waals surface area contributed by atoms with Gasteiger partial charge in [-0.2, -0.15) is 0 Å². The van der Waals surface area contributed by atoms with Gasteiger partial charge in [0.15, 0.2) is 0 Å². The lowest BCUT2D eigenvalue weighted by atomic mass is 10.2. The van der Waals surface area contributed by atoms with Crippen LogP contribution in [-0.4, -0.2) is 55.3 Å². The highest BCUT2D eigenvalue weighted by Gasteiger charge is 2.12. The molecule has 0 aliphatic rings. The van der Waals surface area contributed by atoms with Crippen molar-refractivity contribution in [2.45, 2.75) is 19.8 Å². The quantitative estimate of drug-likeness (QED) is 0.798. The number of amides is 2. The molecule has 0 heterocycles. The number of carbonyl (C=O) groups excluding carboxylic acids is 2. The third-order valence-electron chi connectivity index (χ3n) is 3.24. The van der Waals surface area contributed by atoms with Crippen LogP contribution >= 0.6 is 0 Å². The van der Waals surface area contributed by atoms with E-state index in [2.05, 4.69) is 5.32 Å². The summed E-state index contributed by atoms with van der Waals surface area (Å²) in [5, 5.41) is 2.52. The molecule has 6 heteroatoms. The van der Waals surface area contributed by atoms with E-state index in [0.717, 1.165) is 13.0 Å². The van der Waals surface area contributed by atoms with E-state index < -0.39 is 5.82 Å². The maximum Gasteiger partial charge on any atom is 0.226 e. The highest BCUT2D eigenvalue weighted by molar-refractivity contribution is 5.91. The van der Waals surface area contributed by atoms with Crippen LogP contribution in [0.1, 0.15) is 19.8 Å². The molecule has 1 aromatic carbocycles. The van der Waals surface area contributed by atoms with Crippen molar-refractivity contribution in [3.63, 3.8) is 0 Å². The number of hydrogen-bond acceptors (Lipinski definition) is 3. The third kappa shape index (κ3) is 6.67. The maximum atomic E-state index is 13.4. The summed E-state index contributed by atoms with van der Waals surface area (Å²) in [7, 11) is 3.94. The highest BCUT2D eigenvalue weighted by atomic mass is 19.1. The van der Waals surface area contributed by atoms with Gasteiger partial charge in [-0.15, -0.1) is 0 Å². The van der Waals surface area contributed by atoms with E-state index in [0.29, 0.717) is 13.1 Å². The Labute approximate surface area is 131 Å². The maximum absolute atomic E-state index is 13.4. The van der Waals surface area contributed by atoms with Crippen molar-refractivity contribution < 1.29 is 14.0 Å². The number of hydrogen-bond donors (Lipinski definition) is 1. The molecule has 0 fully saturated rings. The van der Waals surface area contributed by atoms with Crippen LogP contribution in [0.15, 0.2) is 24.3 Å². The summed E-state index contributed by atoms with van der Waals surface area (Å²) in [5.74, 6) is -0.827. The van der Waals surface area contributed by atoms with E-state index >= 15 is 0 Å². The molecule has 1 aromatic rings. The summed E-state index contributed by atoms with van der Waals surface area (Å²) in [4.78, 5) is 27.1. The minimum absolute atomic E-state index is 0.0579. The predicted octanol–water partition coefficient (Wildman–Crippen LogP) is 1.95. The highest BCUT2D eigenvalue weighted by Crippen LogP contribution is 2.12.